The number of hydrogen-bond acceptors (Lipinski definition) is 6. The molecule has 8 heteroatoms. The van der Waals surface area contributed by atoms with E-state index in [-0.39, 0.29) is 18.1 Å². The van der Waals surface area contributed by atoms with Gasteiger partial charge in [0.2, 0.25) is 5.91 Å². The minimum absolute atomic E-state index is 0.0267. The highest BCUT2D eigenvalue weighted by atomic mass is 16.5. The smallest absolute Gasteiger partial charge is 0.290 e. The molecule has 2 N–H and O–H groups in total. The molecule has 1 amide bonds. The van der Waals surface area contributed by atoms with Crippen LogP contribution in [0.25, 0.3) is 11.5 Å². The fourth-order valence-electron chi connectivity index (χ4n) is 2.40. The summed E-state index contributed by atoms with van der Waals surface area (Å²) in [5, 5.41) is 4.20. The molecule has 3 rings (SSSR count). The Bertz CT molecular complexity index is 774. The van der Waals surface area contributed by atoms with Gasteiger partial charge < -0.3 is 19.8 Å². The molecule has 1 fully saturated rings. The van der Waals surface area contributed by atoms with Crippen LogP contribution in [0.5, 0.6) is 0 Å². The number of anilines is 1. The first-order chi connectivity index (χ1) is 11.0. The third kappa shape index (κ3) is 3.26. The molecular formula is C15H18N4O4. The molecule has 1 aliphatic heterocycles. The molecule has 0 unspecified atom stereocenters. The van der Waals surface area contributed by atoms with Crippen LogP contribution < -0.4 is 11.3 Å². The predicted octanol–water partition coefficient (Wildman–Crippen LogP) is 0.253. The van der Waals surface area contributed by atoms with E-state index in [4.69, 9.17) is 14.9 Å². The lowest BCUT2D eigenvalue weighted by atomic mass is 10.3. The highest BCUT2D eigenvalue weighted by Gasteiger charge is 2.19. The van der Waals surface area contributed by atoms with Gasteiger partial charge in [-0.1, -0.05) is 0 Å². The summed E-state index contributed by atoms with van der Waals surface area (Å²) in [5.74, 6) is 1.04. The quantitative estimate of drug-likeness (QED) is 0.870. The van der Waals surface area contributed by atoms with E-state index in [2.05, 4.69) is 5.10 Å². The average molecular weight is 318 g/mol. The molecule has 0 atom stereocenters. The lowest BCUT2D eigenvalue weighted by molar-refractivity contribution is -0.136. The van der Waals surface area contributed by atoms with Crippen molar-refractivity contribution in [2.45, 2.75) is 13.5 Å². The van der Waals surface area contributed by atoms with Crippen LogP contribution in [0, 0.1) is 6.92 Å². The second kappa shape index (κ2) is 6.25. The summed E-state index contributed by atoms with van der Waals surface area (Å²) >= 11 is 0. The summed E-state index contributed by atoms with van der Waals surface area (Å²) in [6.45, 7) is 3.69. The molecule has 3 heterocycles. The van der Waals surface area contributed by atoms with Gasteiger partial charge in [0.15, 0.2) is 5.76 Å². The Morgan fingerprint density at radius 2 is 2.09 bits per heavy atom. The van der Waals surface area contributed by atoms with E-state index in [1.54, 1.807) is 17.0 Å². The van der Waals surface area contributed by atoms with Gasteiger partial charge in [0, 0.05) is 13.1 Å². The molecule has 0 radical (unpaired) electrons. The number of aryl methyl sites for hydroxylation is 1. The lowest BCUT2D eigenvalue weighted by Gasteiger charge is -2.26. The maximum atomic E-state index is 12.3. The number of hydrogen-bond donors (Lipinski definition) is 1. The van der Waals surface area contributed by atoms with Crippen LogP contribution in [-0.2, 0) is 16.1 Å². The molecule has 0 aromatic carbocycles. The fraction of sp³-hybridized carbons (Fsp3) is 0.400. The number of carbonyl (C=O) groups is 1. The van der Waals surface area contributed by atoms with Gasteiger partial charge in [-0.15, -0.1) is 0 Å². The molecule has 0 spiro atoms. The van der Waals surface area contributed by atoms with Crippen molar-refractivity contribution in [3.63, 3.8) is 0 Å². The second-order valence-electron chi connectivity index (χ2n) is 5.35. The van der Waals surface area contributed by atoms with Gasteiger partial charge in [-0.05, 0) is 25.1 Å². The average Bonchev–Trinajstić information content (AvgIpc) is 2.99. The number of carbonyl (C=O) groups excluding carboxylic acids is 1. The molecule has 0 aliphatic carbocycles. The number of furan rings is 1. The molecule has 1 saturated heterocycles. The van der Waals surface area contributed by atoms with Crippen molar-refractivity contribution >= 4 is 11.6 Å². The van der Waals surface area contributed by atoms with Crippen LogP contribution in [0.3, 0.4) is 0 Å². The highest BCUT2D eigenvalue weighted by molar-refractivity contribution is 5.76. The van der Waals surface area contributed by atoms with Crippen LogP contribution in [-0.4, -0.2) is 46.9 Å². The first-order valence-corrected chi connectivity index (χ1v) is 7.34. The van der Waals surface area contributed by atoms with Crippen LogP contribution in [0.1, 0.15) is 5.76 Å². The zero-order valence-corrected chi connectivity index (χ0v) is 12.8. The van der Waals surface area contributed by atoms with Crippen LogP contribution in [0.4, 0.5) is 5.69 Å². The van der Waals surface area contributed by atoms with Crippen molar-refractivity contribution in [1.29, 1.82) is 0 Å². The minimum Gasteiger partial charge on any atom is -0.460 e. The molecule has 0 bridgehead atoms. The molecule has 2 aromatic heterocycles. The summed E-state index contributed by atoms with van der Waals surface area (Å²) in [4.78, 5) is 26.1. The zero-order chi connectivity index (χ0) is 16.4. The number of aromatic nitrogens is 2. The number of rotatable bonds is 3. The molecule has 122 valence electrons. The Kier molecular flexibility index (Phi) is 4.16. The number of amides is 1. The number of nitrogen functional groups attached to an aromatic ring is 1. The number of ether oxygens (including phenoxy) is 1. The van der Waals surface area contributed by atoms with Gasteiger partial charge in [0.05, 0.1) is 13.2 Å². The minimum atomic E-state index is -0.487. The van der Waals surface area contributed by atoms with Crippen LogP contribution in [0.15, 0.2) is 27.4 Å². The summed E-state index contributed by atoms with van der Waals surface area (Å²) in [7, 11) is 0. The predicted molar refractivity (Wildman–Crippen MR) is 82.7 cm³/mol. The zero-order valence-electron chi connectivity index (χ0n) is 12.8. The van der Waals surface area contributed by atoms with Gasteiger partial charge in [-0.2, -0.15) is 5.10 Å². The van der Waals surface area contributed by atoms with Crippen LogP contribution >= 0.6 is 0 Å². The maximum Gasteiger partial charge on any atom is 0.290 e. The highest BCUT2D eigenvalue weighted by Crippen LogP contribution is 2.20. The van der Waals surface area contributed by atoms with Gasteiger partial charge in [-0.25, -0.2) is 4.68 Å². The Balaban J connectivity index is 1.87. The van der Waals surface area contributed by atoms with Gasteiger partial charge in [0.25, 0.3) is 5.56 Å². The third-order valence-corrected chi connectivity index (χ3v) is 3.64. The number of morpholine rings is 1. The molecule has 23 heavy (non-hydrogen) atoms. The fourth-order valence-corrected chi connectivity index (χ4v) is 2.40. The topological polar surface area (TPSA) is 104 Å². The number of nitrogens with two attached hydrogens (primary N) is 1. The second-order valence-corrected chi connectivity index (χ2v) is 5.35. The summed E-state index contributed by atoms with van der Waals surface area (Å²) in [6.07, 6.45) is 0. The van der Waals surface area contributed by atoms with Crippen molar-refractivity contribution in [3.05, 3.63) is 34.3 Å². The van der Waals surface area contributed by atoms with Crippen LogP contribution in [0.2, 0.25) is 0 Å². The summed E-state index contributed by atoms with van der Waals surface area (Å²) in [6, 6.07) is 4.99. The molecule has 0 saturated carbocycles. The van der Waals surface area contributed by atoms with E-state index < -0.39 is 5.56 Å². The first kappa shape index (κ1) is 15.3. The van der Waals surface area contributed by atoms with Crippen molar-refractivity contribution in [2.24, 2.45) is 0 Å². The first-order valence-electron chi connectivity index (χ1n) is 7.34. The van der Waals surface area contributed by atoms with E-state index >= 15 is 0 Å². The lowest BCUT2D eigenvalue weighted by Crippen LogP contribution is -2.44. The largest absolute Gasteiger partial charge is 0.460 e. The van der Waals surface area contributed by atoms with Gasteiger partial charge in [0.1, 0.15) is 23.7 Å². The molecule has 8 nitrogen and oxygen atoms in total. The SMILES string of the molecule is Cc1ccc(-c2cc(N)c(=O)n(CC(=O)N3CCOCC3)n2)o1. The Morgan fingerprint density at radius 3 is 2.74 bits per heavy atom. The van der Waals surface area contributed by atoms with Gasteiger partial charge >= 0.3 is 0 Å². The van der Waals surface area contributed by atoms with E-state index in [1.807, 2.05) is 6.92 Å². The molecular weight excluding hydrogens is 300 g/mol. The molecule has 1 aliphatic rings. The van der Waals surface area contributed by atoms with Crippen molar-refractivity contribution < 1.29 is 13.9 Å². The number of nitrogens with zero attached hydrogens (tertiary/aromatic N) is 3. The van der Waals surface area contributed by atoms with E-state index in [1.165, 1.54) is 6.07 Å². The standard InChI is InChI=1S/C15H18N4O4/c1-10-2-3-13(23-10)12-8-11(16)15(21)19(17-12)9-14(20)18-4-6-22-7-5-18/h2-3,8H,4-7,9,16H2,1H3. The third-order valence-electron chi connectivity index (χ3n) is 3.64. The molecule has 2 aromatic rings. The summed E-state index contributed by atoms with van der Waals surface area (Å²) in [5.41, 5.74) is 5.72. The van der Waals surface area contributed by atoms with E-state index in [0.29, 0.717) is 37.8 Å². The Morgan fingerprint density at radius 1 is 1.35 bits per heavy atom. The van der Waals surface area contributed by atoms with Crippen molar-refractivity contribution in [2.75, 3.05) is 32.0 Å². The Labute approximate surface area is 132 Å². The Hall–Kier alpha value is -2.61. The van der Waals surface area contributed by atoms with Gasteiger partial charge in [-0.3, -0.25) is 9.59 Å². The normalized spacial score (nSPS) is 14.9. The monoisotopic (exact) mass is 318 g/mol. The van der Waals surface area contributed by atoms with Crippen molar-refractivity contribution in [3.8, 4) is 11.5 Å². The summed E-state index contributed by atoms with van der Waals surface area (Å²) < 4.78 is 11.8. The maximum absolute atomic E-state index is 12.3. The van der Waals surface area contributed by atoms with E-state index in [9.17, 15) is 9.59 Å². The van der Waals surface area contributed by atoms with Crippen molar-refractivity contribution in [1.82, 2.24) is 14.7 Å². The van der Waals surface area contributed by atoms with E-state index in [0.717, 1.165) is 10.4 Å².